The van der Waals surface area contributed by atoms with E-state index < -0.39 is 0 Å². The van der Waals surface area contributed by atoms with E-state index in [2.05, 4.69) is 11.0 Å². The van der Waals surface area contributed by atoms with Crippen LogP contribution in [0.2, 0.25) is 0 Å². The summed E-state index contributed by atoms with van der Waals surface area (Å²) in [5.74, 6) is 0.163. The van der Waals surface area contributed by atoms with Crippen molar-refractivity contribution in [3.05, 3.63) is 29.3 Å². The van der Waals surface area contributed by atoms with Crippen molar-refractivity contribution in [2.75, 3.05) is 25.0 Å². The molecule has 1 saturated heterocycles. The first-order valence-electron chi connectivity index (χ1n) is 5.89. The zero-order valence-corrected chi connectivity index (χ0v) is 9.57. The van der Waals surface area contributed by atoms with Crippen LogP contribution in [0.1, 0.15) is 28.8 Å². The van der Waals surface area contributed by atoms with Gasteiger partial charge in [0.25, 0.3) is 5.91 Å². The van der Waals surface area contributed by atoms with E-state index in [1.807, 2.05) is 19.2 Å². The van der Waals surface area contributed by atoms with Gasteiger partial charge in [-0.05, 0) is 25.0 Å². The molecule has 0 bridgehead atoms. The number of rotatable bonds is 1. The van der Waals surface area contributed by atoms with Crippen molar-refractivity contribution in [3.63, 3.8) is 0 Å². The Balaban J connectivity index is 2.05. The summed E-state index contributed by atoms with van der Waals surface area (Å²) in [7, 11) is 1.87. The molecule has 1 aromatic carbocycles. The minimum atomic E-state index is 0.163. The van der Waals surface area contributed by atoms with E-state index in [0.717, 1.165) is 25.2 Å². The number of hydrogen-bond acceptors (Lipinski definition) is 2. The van der Waals surface area contributed by atoms with Crippen LogP contribution in [-0.4, -0.2) is 30.9 Å². The van der Waals surface area contributed by atoms with Crippen molar-refractivity contribution in [2.24, 2.45) is 0 Å². The molecule has 16 heavy (non-hydrogen) atoms. The first-order chi connectivity index (χ1) is 7.77. The van der Waals surface area contributed by atoms with Gasteiger partial charge in [-0.3, -0.25) is 4.79 Å². The largest absolute Gasteiger partial charge is 0.371 e. The third-order valence-corrected chi connectivity index (χ3v) is 3.57. The van der Waals surface area contributed by atoms with Gasteiger partial charge >= 0.3 is 0 Å². The molecule has 1 fully saturated rings. The van der Waals surface area contributed by atoms with Gasteiger partial charge in [-0.1, -0.05) is 6.07 Å². The zero-order valence-electron chi connectivity index (χ0n) is 9.57. The molecule has 3 rings (SSSR count). The van der Waals surface area contributed by atoms with Crippen molar-refractivity contribution in [2.45, 2.75) is 19.4 Å². The van der Waals surface area contributed by atoms with Crippen LogP contribution in [0, 0.1) is 0 Å². The van der Waals surface area contributed by atoms with Crippen molar-refractivity contribution < 1.29 is 4.79 Å². The fourth-order valence-electron chi connectivity index (χ4n) is 2.71. The minimum Gasteiger partial charge on any atom is -0.371 e. The lowest BCUT2D eigenvalue weighted by Crippen LogP contribution is -2.19. The topological polar surface area (TPSA) is 23.6 Å². The molecule has 3 heteroatoms. The van der Waals surface area contributed by atoms with E-state index in [1.54, 1.807) is 4.90 Å². The molecule has 2 aliphatic heterocycles. The first kappa shape index (κ1) is 9.70. The lowest BCUT2D eigenvalue weighted by atomic mass is 10.1. The number of carbonyl (C=O) groups excluding carboxylic acids is 1. The summed E-state index contributed by atoms with van der Waals surface area (Å²) in [5, 5.41) is 0. The smallest absolute Gasteiger partial charge is 0.254 e. The Morgan fingerprint density at radius 1 is 1.19 bits per heavy atom. The Labute approximate surface area is 95.7 Å². The summed E-state index contributed by atoms with van der Waals surface area (Å²) in [5.41, 5.74) is 3.39. The monoisotopic (exact) mass is 216 g/mol. The second-order valence-electron chi connectivity index (χ2n) is 4.66. The summed E-state index contributed by atoms with van der Waals surface area (Å²) in [6.45, 7) is 3.03. The lowest BCUT2D eigenvalue weighted by molar-refractivity contribution is 0.0816. The Morgan fingerprint density at radius 2 is 1.94 bits per heavy atom. The number of amides is 1. The molecule has 0 radical (unpaired) electrons. The van der Waals surface area contributed by atoms with E-state index in [1.165, 1.54) is 24.1 Å². The molecule has 3 nitrogen and oxygen atoms in total. The number of carbonyl (C=O) groups is 1. The second kappa shape index (κ2) is 3.51. The summed E-state index contributed by atoms with van der Waals surface area (Å²) in [6, 6.07) is 6.10. The van der Waals surface area contributed by atoms with Crippen LogP contribution in [0.3, 0.4) is 0 Å². The SMILES string of the molecule is CN1Cc2c(cccc2N2CCCC2)C1=O. The molecule has 84 valence electrons. The van der Waals surface area contributed by atoms with E-state index in [0.29, 0.717) is 0 Å². The summed E-state index contributed by atoms with van der Waals surface area (Å²) in [6.07, 6.45) is 2.54. The van der Waals surface area contributed by atoms with Crippen LogP contribution in [0.15, 0.2) is 18.2 Å². The van der Waals surface area contributed by atoms with E-state index in [4.69, 9.17) is 0 Å². The molecule has 0 spiro atoms. The second-order valence-corrected chi connectivity index (χ2v) is 4.66. The Bertz CT molecular complexity index is 436. The average molecular weight is 216 g/mol. The van der Waals surface area contributed by atoms with Crippen molar-refractivity contribution >= 4 is 11.6 Å². The van der Waals surface area contributed by atoms with Crippen molar-refractivity contribution in [3.8, 4) is 0 Å². The van der Waals surface area contributed by atoms with Gasteiger partial charge in [0.05, 0.1) is 0 Å². The van der Waals surface area contributed by atoms with Gasteiger partial charge in [0.15, 0.2) is 0 Å². The molecule has 1 amide bonds. The van der Waals surface area contributed by atoms with Gasteiger partial charge in [-0.2, -0.15) is 0 Å². The Morgan fingerprint density at radius 3 is 2.69 bits per heavy atom. The highest BCUT2D eigenvalue weighted by Crippen LogP contribution is 2.32. The van der Waals surface area contributed by atoms with Gasteiger partial charge in [0.1, 0.15) is 0 Å². The van der Waals surface area contributed by atoms with E-state index in [9.17, 15) is 4.79 Å². The lowest BCUT2D eigenvalue weighted by Gasteiger charge is -2.20. The molecule has 0 unspecified atom stereocenters. The highest BCUT2D eigenvalue weighted by molar-refractivity contribution is 5.99. The van der Waals surface area contributed by atoms with Gasteiger partial charge < -0.3 is 9.80 Å². The predicted molar refractivity (Wildman–Crippen MR) is 63.7 cm³/mol. The minimum absolute atomic E-state index is 0.163. The highest BCUT2D eigenvalue weighted by atomic mass is 16.2. The Hall–Kier alpha value is -1.51. The number of hydrogen-bond donors (Lipinski definition) is 0. The van der Waals surface area contributed by atoms with E-state index >= 15 is 0 Å². The predicted octanol–water partition coefficient (Wildman–Crippen LogP) is 1.87. The molecule has 1 aromatic rings. The van der Waals surface area contributed by atoms with Gasteiger partial charge in [0.2, 0.25) is 0 Å². The first-order valence-corrected chi connectivity index (χ1v) is 5.89. The molecule has 2 aliphatic rings. The maximum atomic E-state index is 11.9. The summed E-state index contributed by atoms with van der Waals surface area (Å²) in [4.78, 5) is 16.1. The number of benzene rings is 1. The number of fused-ring (bicyclic) bond motifs is 1. The quantitative estimate of drug-likeness (QED) is 0.715. The fourth-order valence-corrected chi connectivity index (χ4v) is 2.71. The molecular formula is C13H16N2O. The maximum absolute atomic E-state index is 11.9. The third kappa shape index (κ3) is 1.31. The van der Waals surface area contributed by atoms with Crippen molar-refractivity contribution in [1.82, 2.24) is 4.90 Å². The van der Waals surface area contributed by atoms with Crippen LogP contribution < -0.4 is 4.90 Å². The molecule has 0 N–H and O–H groups in total. The van der Waals surface area contributed by atoms with Crippen LogP contribution >= 0.6 is 0 Å². The van der Waals surface area contributed by atoms with Gasteiger partial charge in [-0.25, -0.2) is 0 Å². The number of anilines is 1. The molecular weight excluding hydrogens is 200 g/mol. The molecule has 0 saturated carbocycles. The normalized spacial score (nSPS) is 19.4. The molecule has 0 atom stereocenters. The maximum Gasteiger partial charge on any atom is 0.254 e. The van der Waals surface area contributed by atoms with Crippen molar-refractivity contribution in [1.29, 1.82) is 0 Å². The standard InChI is InChI=1S/C13H16N2O/c1-14-9-11-10(13(14)16)5-4-6-12(11)15-7-2-3-8-15/h4-6H,2-3,7-9H2,1H3. The summed E-state index contributed by atoms with van der Waals surface area (Å²) < 4.78 is 0. The fraction of sp³-hybridized carbons (Fsp3) is 0.462. The van der Waals surface area contributed by atoms with Crippen LogP contribution in [0.4, 0.5) is 5.69 Å². The Kier molecular flexibility index (Phi) is 2.13. The van der Waals surface area contributed by atoms with Crippen LogP contribution in [0.25, 0.3) is 0 Å². The highest BCUT2D eigenvalue weighted by Gasteiger charge is 2.28. The van der Waals surface area contributed by atoms with Gasteiger partial charge in [-0.15, -0.1) is 0 Å². The summed E-state index contributed by atoms with van der Waals surface area (Å²) >= 11 is 0. The van der Waals surface area contributed by atoms with E-state index in [-0.39, 0.29) is 5.91 Å². The van der Waals surface area contributed by atoms with Crippen LogP contribution in [0.5, 0.6) is 0 Å². The number of nitrogens with zero attached hydrogens (tertiary/aromatic N) is 2. The molecule has 2 heterocycles. The zero-order chi connectivity index (χ0) is 11.1. The average Bonchev–Trinajstić information content (AvgIpc) is 2.89. The third-order valence-electron chi connectivity index (χ3n) is 3.57. The van der Waals surface area contributed by atoms with Gasteiger partial charge in [0, 0.05) is 43.5 Å². The molecule has 0 aliphatic carbocycles. The molecule has 0 aromatic heterocycles. The van der Waals surface area contributed by atoms with Crippen LogP contribution in [-0.2, 0) is 6.54 Å².